The minimum atomic E-state index is -1.18. The van der Waals surface area contributed by atoms with Crippen LogP contribution in [0.15, 0.2) is 90.5 Å². The summed E-state index contributed by atoms with van der Waals surface area (Å²) >= 11 is 0. The summed E-state index contributed by atoms with van der Waals surface area (Å²) in [5.74, 6) is -0.816. The summed E-state index contributed by atoms with van der Waals surface area (Å²) in [6, 6.07) is 27.0. The zero-order valence-electron chi connectivity index (χ0n) is 27.6. The summed E-state index contributed by atoms with van der Waals surface area (Å²) in [6.45, 7) is 6.08. The Morgan fingerprint density at radius 2 is 1.49 bits per heavy atom. The van der Waals surface area contributed by atoms with Crippen molar-refractivity contribution in [2.24, 2.45) is 5.73 Å². The van der Waals surface area contributed by atoms with Crippen LogP contribution in [0.25, 0.3) is 16.7 Å². The maximum Gasteiger partial charge on any atom is 0.252 e. The van der Waals surface area contributed by atoms with Crippen molar-refractivity contribution in [1.29, 1.82) is 0 Å². The average molecular weight is 659 g/mol. The second-order valence-electron chi connectivity index (χ2n) is 13.0. The molecule has 3 aromatic rings. The van der Waals surface area contributed by atoms with Gasteiger partial charge in [-0.2, -0.15) is 0 Å². The van der Waals surface area contributed by atoms with Crippen LogP contribution in [-0.4, -0.2) is 59.4 Å². The van der Waals surface area contributed by atoms with Crippen LogP contribution >= 0.6 is 12.4 Å². The molecule has 1 atom stereocenters. The van der Waals surface area contributed by atoms with Gasteiger partial charge in [0.15, 0.2) is 0 Å². The molecule has 4 N–H and O–H groups in total. The first-order valence-corrected chi connectivity index (χ1v) is 16.3. The van der Waals surface area contributed by atoms with Crippen LogP contribution < -0.4 is 16.4 Å². The predicted octanol–water partition coefficient (Wildman–Crippen LogP) is 5.65. The number of hydrogen-bond donors (Lipinski definition) is 3. The van der Waals surface area contributed by atoms with Crippen molar-refractivity contribution >= 4 is 35.7 Å². The van der Waals surface area contributed by atoms with Crippen LogP contribution in [0, 0.1) is 0 Å². The van der Waals surface area contributed by atoms with Crippen molar-refractivity contribution in [3.05, 3.63) is 102 Å². The van der Waals surface area contributed by atoms with E-state index in [1.807, 2.05) is 79.7 Å². The normalized spacial score (nSPS) is 16.3. The number of carbonyl (C=O) groups is 3. The van der Waals surface area contributed by atoms with E-state index in [1.165, 1.54) is 0 Å². The van der Waals surface area contributed by atoms with E-state index < -0.39 is 23.0 Å². The summed E-state index contributed by atoms with van der Waals surface area (Å²) in [6.07, 6.45) is 4.77. The van der Waals surface area contributed by atoms with Crippen molar-refractivity contribution in [2.45, 2.75) is 76.6 Å². The molecule has 2 aliphatic rings. The number of halogens is 1. The first-order valence-electron chi connectivity index (χ1n) is 16.3. The zero-order valence-corrected chi connectivity index (χ0v) is 28.4. The molecular formula is C38H47ClN4O4. The fourth-order valence-electron chi connectivity index (χ4n) is 6.45. The van der Waals surface area contributed by atoms with Crippen molar-refractivity contribution in [3.63, 3.8) is 0 Å². The van der Waals surface area contributed by atoms with E-state index in [9.17, 15) is 14.4 Å². The molecule has 1 aliphatic heterocycles. The molecule has 8 nitrogen and oxygen atoms in total. The average Bonchev–Trinajstić information content (AvgIpc) is 3.32. The van der Waals surface area contributed by atoms with E-state index in [4.69, 9.17) is 10.5 Å². The Hall–Kier alpha value is -3.98. The lowest BCUT2D eigenvalue weighted by Gasteiger charge is -2.38. The lowest BCUT2D eigenvalue weighted by atomic mass is 9.76. The van der Waals surface area contributed by atoms with Crippen LogP contribution in [0.4, 0.5) is 0 Å². The predicted molar refractivity (Wildman–Crippen MR) is 189 cm³/mol. The van der Waals surface area contributed by atoms with Gasteiger partial charge in [-0.3, -0.25) is 14.4 Å². The third-order valence-electron chi connectivity index (χ3n) is 9.07. The molecule has 9 heteroatoms. The minimum Gasteiger partial charge on any atom is -0.374 e. The molecular weight excluding hydrogens is 612 g/mol. The van der Waals surface area contributed by atoms with E-state index in [0.29, 0.717) is 18.7 Å². The topological polar surface area (TPSA) is 114 Å². The first-order chi connectivity index (χ1) is 22.1. The molecule has 0 bridgehead atoms. The fraction of sp³-hybridized carbons (Fsp3) is 0.395. The molecule has 250 valence electrons. The lowest BCUT2D eigenvalue weighted by Crippen LogP contribution is -2.58. The molecule has 47 heavy (non-hydrogen) atoms. The Morgan fingerprint density at radius 3 is 2.09 bits per heavy atom. The quantitative estimate of drug-likeness (QED) is 0.233. The van der Waals surface area contributed by atoms with Gasteiger partial charge in [0, 0.05) is 18.7 Å². The van der Waals surface area contributed by atoms with Crippen molar-refractivity contribution < 1.29 is 19.1 Å². The Labute approximate surface area is 284 Å². The fourth-order valence-corrected chi connectivity index (χ4v) is 6.45. The monoisotopic (exact) mass is 658 g/mol. The number of hydrogen-bond acceptors (Lipinski definition) is 5. The maximum absolute atomic E-state index is 14.2. The molecule has 1 saturated carbocycles. The van der Waals surface area contributed by atoms with Crippen LogP contribution in [0.5, 0.6) is 0 Å². The van der Waals surface area contributed by atoms with E-state index in [0.717, 1.165) is 59.9 Å². The number of ether oxygens (including phenoxy) is 1. The SMILES string of the molecule is CCN(CC1=C(c2ccc(-c3ccccc3)cc2)C(=O)NC12CCCCC2)C(=O)[C@@H](COCc1ccccc1)NC(=O)C(C)(C)N.Cl. The van der Waals surface area contributed by atoms with Crippen molar-refractivity contribution in [3.8, 4) is 11.1 Å². The molecule has 0 saturated heterocycles. The Balaban J connectivity index is 0.00000500. The summed E-state index contributed by atoms with van der Waals surface area (Å²) in [5, 5.41) is 6.20. The summed E-state index contributed by atoms with van der Waals surface area (Å²) in [5.41, 5.74) is 9.97. The smallest absolute Gasteiger partial charge is 0.252 e. The molecule has 5 rings (SSSR count). The van der Waals surface area contributed by atoms with Gasteiger partial charge in [-0.1, -0.05) is 104 Å². The highest BCUT2D eigenvalue weighted by Gasteiger charge is 2.46. The summed E-state index contributed by atoms with van der Waals surface area (Å²) in [4.78, 5) is 42.7. The molecule has 1 heterocycles. The molecule has 0 aromatic heterocycles. The lowest BCUT2D eigenvalue weighted by molar-refractivity contribution is -0.139. The number of benzene rings is 3. The molecule has 0 unspecified atom stereocenters. The number of nitrogens with zero attached hydrogens (tertiary/aromatic N) is 1. The Bertz CT molecular complexity index is 1550. The number of nitrogens with one attached hydrogen (secondary N) is 2. The largest absolute Gasteiger partial charge is 0.374 e. The van der Waals surface area contributed by atoms with Gasteiger partial charge in [0.05, 0.1) is 24.3 Å². The van der Waals surface area contributed by atoms with E-state index >= 15 is 0 Å². The Kier molecular flexibility index (Phi) is 12.0. The molecule has 1 fully saturated rings. The number of carbonyl (C=O) groups excluding carboxylic acids is 3. The molecule has 3 amide bonds. The van der Waals surface area contributed by atoms with Gasteiger partial charge in [0.1, 0.15) is 6.04 Å². The van der Waals surface area contributed by atoms with Crippen LogP contribution in [0.3, 0.4) is 0 Å². The highest BCUT2D eigenvalue weighted by atomic mass is 35.5. The van der Waals surface area contributed by atoms with Crippen molar-refractivity contribution in [2.75, 3.05) is 19.7 Å². The molecule has 3 aromatic carbocycles. The number of likely N-dealkylation sites (N-methyl/N-ethyl adjacent to an activating group) is 1. The molecule has 1 spiro atoms. The standard InChI is InChI=1S/C38H46N4O4.ClH/c1-4-42(35(44)32(40-36(45)37(2,3)39)26-46-25-27-14-8-5-9-15-27)24-31-33(34(43)41-38(31)22-12-7-13-23-38)30-20-18-29(19-21-30)28-16-10-6-11-17-28;/h5-6,8-11,14-21,32H,4,7,12-13,22-26,39H2,1-3H3,(H,40,45)(H,41,43);1H/t32-;/m1./s1. The van der Waals surface area contributed by atoms with Gasteiger partial charge >= 0.3 is 0 Å². The molecule has 0 radical (unpaired) electrons. The van der Waals surface area contributed by atoms with Gasteiger partial charge in [0.25, 0.3) is 5.91 Å². The van der Waals surface area contributed by atoms with E-state index in [-0.39, 0.29) is 37.4 Å². The first kappa shape index (κ1) is 35.9. The van der Waals surface area contributed by atoms with Gasteiger partial charge < -0.3 is 26.0 Å². The zero-order chi connectivity index (χ0) is 32.7. The van der Waals surface area contributed by atoms with E-state index in [1.54, 1.807) is 18.7 Å². The highest BCUT2D eigenvalue weighted by molar-refractivity contribution is 6.24. The maximum atomic E-state index is 14.2. The third kappa shape index (κ3) is 8.49. The Morgan fingerprint density at radius 1 is 0.915 bits per heavy atom. The number of nitrogens with two attached hydrogens (primary N) is 1. The van der Waals surface area contributed by atoms with E-state index in [2.05, 4.69) is 22.8 Å². The highest BCUT2D eigenvalue weighted by Crippen LogP contribution is 2.43. The second-order valence-corrected chi connectivity index (χ2v) is 13.0. The number of amides is 3. The van der Waals surface area contributed by atoms with Gasteiger partial charge in [-0.25, -0.2) is 0 Å². The van der Waals surface area contributed by atoms with Crippen molar-refractivity contribution in [1.82, 2.24) is 15.5 Å². The van der Waals surface area contributed by atoms with Crippen LogP contribution in [0.2, 0.25) is 0 Å². The van der Waals surface area contributed by atoms with Crippen LogP contribution in [-0.2, 0) is 25.7 Å². The summed E-state index contributed by atoms with van der Waals surface area (Å²) < 4.78 is 5.96. The molecule has 1 aliphatic carbocycles. The van der Waals surface area contributed by atoms with Gasteiger partial charge in [0.2, 0.25) is 11.8 Å². The van der Waals surface area contributed by atoms with Gasteiger partial charge in [-0.05, 0) is 61.4 Å². The van der Waals surface area contributed by atoms with Gasteiger partial charge in [-0.15, -0.1) is 12.4 Å². The summed E-state index contributed by atoms with van der Waals surface area (Å²) in [7, 11) is 0. The second kappa shape index (κ2) is 15.7. The van der Waals surface area contributed by atoms with Crippen LogP contribution in [0.1, 0.15) is 64.0 Å². The third-order valence-corrected chi connectivity index (χ3v) is 9.07. The minimum absolute atomic E-state index is 0. The number of rotatable bonds is 12.